The van der Waals surface area contributed by atoms with Gasteiger partial charge in [-0.25, -0.2) is 0 Å². The molecule has 3 aliphatic heterocycles. The van der Waals surface area contributed by atoms with Crippen molar-refractivity contribution in [3.63, 3.8) is 0 Å². The zero-order chi connectivity index (χ0) is 25.1. The molecule has 194 valence electrons. The summed E-state index contributed by atoms with van der Waals surface area (Å²) in [6.45, 7) is 8.13. The highest BCUT2D eigenvalue weighted by molar-refractivity contribution is 6.42. The number of para-hydroxylation sites is 1. The minimum atomic E-state index is -0.172. The van der Waals surface area contributed by atoms with E-state index in [1.54, 1.807) is 7.11 Å². The summed E-state index contributed by atoms with van der Waals surface area (Å²) in [4.78, 5) is 20.2. The molecule has 36 heavy (non-hydrogen) atoms. The highest BCUT2D eigenvalue weighted by atomic mass is 35.5. The van der Waals surface area contributed by atoms with Gasteiger partial charge in [-0.3, -0.25) is 9.69 Å². The van der Waals surface area contributed by atoms with Crippen molar-refractivity contribution >= 4 is 29.1 Å². The van der Waals surface area contributed by atoms with Crippen molar-refractivity contribution in [3.05, 3.63) is 63.6 Å². The maximum absolute atomic E-state index is 13.1. The van der Waals surface area contributed by atoms with Crippen LogP contribution in [-0.4, -0.2) is 86.2 Å². The van der Waals surface area contributed by atoms with Gasteiger partial charge in [0.1, 0.15) is 5.75 Å². The molecule has 0 N–H and O–H groups in total. The Labute approximate surface area is 224 Å². The van der Waals surface area contributed by atoms with Crippen LogP contribution in [0.15, 0.2) is 42.5 Å². The Hall–Kier alpha value is -1.83. The number of amides is 1. The Kier molecular flexibility index (Phi) is 8.08. The molecule has 0 bridgehead atoms. The van der Waals surface area contributed by atoms with Gasteiger partial charge >= 0.3 is 0 Å². The molecule has 3 fully saturated rings. The number of carbonyl (C=O) groups excluding carboxylic acids is 1. The number of ether oxygens (including phenoxy) is 2. The highest BCUT2D eigenvalue weighted by Crippen LogP contribution is 2.41. The van der Waals surface area contributed by atoms with Gasteiger partial charge in [0.15, 0.2) is 0 Å². The predicted molar refractivity (Wildman–Crippen MR) is 143 cm³/mol. The van der Waals surface area contributed by atoms with E-state index in [4.69, 9.17) is 32.7 Å². The van der Waals surface area contributed by atoms with Crippen molar-refractivity contribution in [1.29, 1.82) is 0 Å². The molecule has 0 saturated carbocycles. The lowest BCUT2D eigenvalue weighted by Gasteiger charge is -2.49. The molecule has 2 aromatic carbocycles. The van der Waals surface area contributed by atoms with E-state index >= 15 is 0 Å². The van der Waals surface area contributed by atoms with Crippen molar-refractivity contribution in [2.45, 2.75) is 37.3 Å². The van der Waals surface area contributed by atoms with Gasteiger partial charge in [-0.05, 0) is 43.1 Å². The average molecular weight is 533 g/mol. The van der Waals surface area contributed by atoms with E-state index in [1.807, 2.05) is 41.3 Å². The predicted octanol–water partition coefficient (Wildman–Crippen LogP) is 4.47. The van der Waals surface area contributed by atoms with Crippen LogP contribution >= 0.6 is 23.2 Å². The second kappa shape index (κ2) is 11.3. The van der Waals surface area contributed by atoms with Crippen molar-refractivity contribution < 1.29 is 14.3 Å². The first-order chi connectivity index (χ1) is 17.5. The van der Waals surface area contributed by atoms with Crippen molar-refractivity contribution in [1.82, 2.24) is 14.7 Å². The van der Waals surface area contributed by atoms with Crippen LogP contribution in [0, 0.1) is 0 Å². The fraction of sp³-hybridized carbons (Fsp3) is 0.536. The minimum Gasteiger partial charge on any atom is -0.496 e. The van der Waals surface area contributed by atoms with Crippen LogP contribution in [0.3, 0.4) is 0 Å². The van der Waals surface area contributed by atoms with E-state index < -0.39 is 0 Å². The Morgan fingerprint density at radius 1 is 1.08 bits per heavy atom. The van der Waals surface area contributed by atoms with Gasteiger partial charge in [-0.2, -0.15) is 0 Å². The third-order valence-corrected chi connectivity index (χ3v) is 8.89. The van der Waals surface area contributed by atoms with Crippen LogP contribution in [-0.2, 0) is 21.5 Å². The fourth-order valence-electron chi connectivity index (χ4n) is 5.90. The van der Waals surface area contributed by atoms with Gasteiger partial charge in [0.2, 0.25) is 5.91 Å². The number of nitrogens with zero attached hydrogens (tertiary/aromatic N) is 3. The van der Waals surface area contributed by atoms with Crippen molar-refractivity contribution in [3.8, 4) is 5.75 Å². The number of hydrogen-bond donors (Lipinski definition) is 0. The third-order valence-electron chi connectivity index (χ3n) is 8.16. The lowest BCUT2D eigenvalue weighted by molar-refractivity contribution is -0.136. The zero-order valence-corrected chi connectivity index (χ0v) is 22.4. The topological polar surface area (TPSA) is 45.2 Å². The van der Waals surface area contributed by atoms with Gasteiger partial charge in [0.25, 0.3) is 0 Å². The van der Waals surface area contributed by atoms with Crippen molar-refractivity contribution in [2.75, 3.05) is 59.6 Å². The molecule has 0 aliphatic carbocycles. The van der Waals surface area contributed by atoms with Crippen LogP contribution in [0.25, 0.3) is 0 Å². The number of piperidine rings is 1. The molecule has 1 atom stereocenters. The fourth-order valence-corrected chi connectivity index (χ4v) is 6.20. The number of methoxy groups -OCH3 is 1. The van der Waals surface area contributed by atoms with Crippen LogP contribution in [0.4, 0.5) is 0 Å². The lowest BCUT2D eigenvalue weighted by Crippen LogP contribution is -2.62. The van der Waals surface area contributed by atoms with Crippen LogP contribution < -0.4 is 4.74 Å². The summed E-state index contributed by atoms with van der Waals surface area (Å²) in [7, 11) is 1.67. The monoisotopic (exact) mass is 531 g/mol. The lowest BCUT2D eigenvalue weighted by atomic mass is 9.71. The van der Waals surface area contributed by atoms with Crippen LogP contribution in [0.5, 0.6) is 5.75 Å². The smallest absolute Gasteiger partial charge is 0.222 e. The second-order valence-electron chi connectivity index (χ2n) is 10.3. The van der Waals surface area contributed by atoms with Gasteiger partial charge in [0.05, 0.1) is 30.4 Å². The van der Waals surface area contributed by atoms with E-state index in [2.05, 4.69) is 15.9 Å². The number of hydrogen-bond acceptors (Lipinski definition) is 5. The standard InChI is InChI=1S/C28H35Cl2N3O3/c1-35-26-5-3-2-4-21(26)17-33-20-28(9-8-27(33)34,22-6-7-24(29)25(30)16-22)10-11-31-18-23(19-31)32-12-14-36-15-13-32/h2-7,16,23H,8-15,17-20H2,1H3/t28-/m1/s1. The van der Waals surface area contributed by atoms with E-state index in [0.29, 0.717) is 35.6 Å². The third kappa shape index (κ3) is 5.53. The summed E-state index contributed by atoms with van der Waals surface area (Å²) < 4.78 is 11.1. The number of carbonyl (C=O) groups is 1. The van der Waals surface area contributed by atoms with Gasteiger partial charge < -0.3 is 19.3 Å². The molecule has 1 amide bonds. The minimum absolute atomic E-state index is 0.172. The average Bonchev–Trinajstić information content (AvgIpc) is 2.87. The van der Waals surface area contributed by atoms with Gasteiger partial charge in [-0.15, -0.1) is 0 Å². The van der Waals surface area contributed by atoms with Crippen LogP contribution in [0.2, 0.25) is 10.0 Å². The quantitative estimate of drug-likeness (QED) is 0.502. The Morgan fingerprint density at radius 2 is 1.86 bits per heavy atom. The summed E-state index contributed by atoms with van der Waals surface area (Å²) in [5.41, 5.74) is 2.02. The number of likely N-dealkylation sites (tertiary alicyclic amines) is 2. The number of morpholine rings is 1. The largest absolute Gasteiger partial charge is 0.496 e. The summed E-state index contributed by atoms with van der Waals surface area (Å²) in [6.07, 6.45) is 2.30. The first kappa shape index (κ1) is 25.8. The first-order valence-electron chi connectivity index (χ1n) is 12.9. The summed E-state index contributed by atoms with van der Waals surface area (Å²) in [6, 6.07) is 14.6. The molecule has 5 rings (SSSR count). The second-order valence-corrected chi connectivity index (χ2v) is 11.1. The van der Waals surface area contributed by atoms with E-state index in [9.17, 15) is 4.79 Å². The SMILES string of the molecule is COc1ccccc1CN1C[C@@](CCN2CC(N3CCOCC3)C2)(c2ccc(Cl)c(Cl)c2)CCC1=O. The molecule has 0 unspecified atom stereocenters. The number of halogens is 2. The molecular weight excluding hydrogens is 497 g/mol. The molecule has 2 aromatic rings. The van der Waals surface area contributed by atoms with E-state index in [-0.39, 0.29) is 11.3 Å². The molecular formula is C28H35Cl2N3O3. The summed E-state index contributed by atoms with van der Waals surface area (Å²) in [5, 5.41) is 1.13. The van der Waals surface area contributed by atoms with E-state index in [1.165, 1.54) is 5.56 Å². The molecule has 0 radical (unpaired) electrons. The molecule has 6 nitrogen and oxygen atoms in total. The Bertz CT molecular complexity index is 1070. The van der Waals surface area contributed by atoms with Crippen LogP contribution in [0.1, 0.15) is 30.4 Å². The molecule has 0 aromatic heterocycles. The van der Waals surface area contributed by atoms with Crippen molar-refractivity contribution in [2.24, 2.45) is 0 Å². The molecule has 3 aliphatic rings. The number of benzene rings is 2. The number of rotatable bonds is 8. The Morgan fingerprint density at radius 3 is 2.61 bits per heavy atom. The summed E-state index contributed by atoms with van der Waals surface area (Å²) in [5.74, 6) is 0.999. The van der Waals surface area contributed by atoms with Gasteiger partial charge in [-0.1, -0.05) is 47.5 Å². The molecule has 0 spiro atoms. The maximum Gasteiger partial charge on any atom is 0.222 e. The molecule has 3 saturated heterocycles. The Balaban J connectivity index is 1.33. The molecule has 3 heterocycles. The zero-order valence-electron chi connectivity index (χ0n) is 20.9. The molecule has 8 heteroatoms. The first-order valence-corrected chi connectivity index (χ1v) is 13.6. The normalized spacial score (nSPS) is 24.1. The highest BCUT2D eigenvalue weighted by Gasteiger charge is 2.42. The van der Waals surface area contributed by atoms with Gasteiger partial charge in [0, 0.05) is 62.7 Å². The van der Waals surface area contributed by atoms with E-state index in [0.717, 1.165) is 70.1 Å². The maximum atomic E-state index is 13.1. The summed E-state index contributed by atoms with van der Waals surface area (Å²) >= 11 is 12.8.